The van der Waals surface area contributed by atoms with E-state index >= 15 is 0 Å². The molecule has 0 saturated heterocycles. The monoisotopic (exact) mass is 262 g/mol. The summed E-state index contributed by atoms with van der Waals surface area (Å²) in [5.41, 5.74) is -0.731. The van der Waals surface area contributed by atoms with Crippen molar-refractivity contribution in [1.29, 1.82) is 0 Å². The number of nitro benzene ring substituents is 1. The third-order valence-electron chi connectivity index (χ3n) is 2.05. The topological polar surface area (TPSA) is 124 Å². The molecule has 19 heavy (non-hydrogen) atoms. The van der Waals surface area contributed by atoms with E-state index < -0.39 is 16.5 Å². The Morgan fingerprint density at radius 3 is 2.79 bits per heavy atom. The number of ether oxygens (including phenoxy) is 1. The van der Waals surface area contributed by atoms with Crippen LogP contribution in [0.25, 0.3) is 5.41 Å². The maximum absolute atomic E-state index is 10.8. The van der Waals surface area contributed by atoms with Gasteiger partial charge in [-0.05, 0) is 12.1 Å². The molecule has 0 heterocycles. The normalized spacial score (nSPS) is 9.95. The van der Waals surface area contributed by atoms with Crippen LogP contribution in [0, 0.1) is 10.1 Å². The van der Waals surface area contributed by atoms with Gasteiger partial charge in [0, 0.05) is 12.3 Å². The third kappa shape index (κ3) is 3.48. The van der Waals surface area contributed by atoms with Gasteiger partial charge < -0.3 is 15.3 Å². The lowest BCUT2D eigenvalue weighted by Gasteiger charge is -2.01. The molecule has 0 aliphatic carbocycles. The highest BCUT2D eigenvalue weighted by Crippen LogP contribution is 2.30. The third-order valence-corrected chi connectivity index (χ3v) is 2.05. The van der Waals surface area contributed by atoms with E-state index in [0.717, 1.165) is 12.3 Å². The summed E-state index contributed by atoms with van der Waals surface area (Å²) in [4.78, 5) is 24.3. The van der Waals surface area contributed by atoms with Crippen molar-refractivity contribution >= 4 is 29.4 Å². The highest BCUT2D eigenvalue weighted by Gasteiger charge is 2.14. The summed E-state index contributed by atoms with van der Waals surface area (Å²) in [6, 6.07) is 3.85. The minimum absolute atomic E-state index is 0.0617. The lowest BCUT2D eigenvalue weighted by molar-refractivity contribution is -0.385. The number of methoxy groups -OCH3 is 1. The van der Waals surface area contributed by atoms with Gasteiger partial charge in [0.1, 0.15) is 0 Å². The van der Waals surface area contributed by atoms with Gasteiger partial charge >= 0.3 is 11.7 Å². The molecule has 1 N–H and O–H groups in total. The number of rotatable bonds is 5. The quantitative estimate of drug-likeness (QED) is 0.373. The highest BCUT2D eigenvalue weighted by atomic mass is 16.6. The summed E-state index contributed by atoms with van der Waals surface area (Å²) in [6.45, 7) is 0. The van der Waals surface area contributed by atoms with Gasteiger partial charge in [0.2, 0.25) is 0 Å². The molecule has 8 nitrogen and oxygen atoms in total. The molecule has 0 fully saturated rings. The first-order valence-corrected chi connectivity index (χ1v) is 4.86. The zero-order valence-corrected chi connectivity index (χ0v) is 9.73. The fraction of sp³-hybridized carbons (Fsp3) is 0.0909. The van der Waals surface area contributed by atoms with Crippen molar-refractivity contribution in [1.82, 2.24) is 0 Å². The number of nitrogens with zero attached hydrogens (tertiary/aromatic N) is 3. The van der Waals surface area contributed by atoms with Crippen LogP contribution in [0.5, 0.6) is 5.75 Å². The second-order valence-corrected chi connectivity index (χ2v) is 3.20. The van der Waals surface area contributed by atoms with Crippen LogP contribution in [0.3, 0.4) is 0 Å². The Balaban J connectivity index is 3.14. The predicted molar refractivity (Wildman–Crippen MR) is 67.3 cm³/mol. The van der Waals surface area contributed by atoms with E-state index in [-0.39, 0.29) is 17.1 Å². The maximum Gasteiger partial charge on any atom is 0.343 e. The first-order chi connectivity index (χ1) is 8.99. The molecule has 0 aromatic heterocycles. The van der Waals surface area contributed by atoms with Gasteiger partial charge in [0.15, 0.2) is 5.75 Å². The number of hydrogen-bond donors (Lipinski definition) is 1. The first kappa shape index (κ1) is 14.1. The molecule has 0 unspecified atom stereocenters. The van der Waals surface area contributed by atoms with E-state index in [1.807, 2.05) is 0 Å². The molecular formula is C11H8N3O5-. The minimum Gasteiger partial charge on any atom is -0.763 e. The van der Waals surface area contributed by atoms with E-state index in [2.05, 4.69) is 4.99 Å². The molecule has 1 aromatic carbocycles. The van der Waals surface area contributed by atoms with E-state index in [1.165, 1.54) is 25.1 Å². The Kier molecular flexibility index (Phi) is 4.50. The first-order valence-electron chi connectivity index (χ1n) is 4.86. The van der Waals surface area contributed by atoms with Crippen molar-refractivity contribution < 1.29 is 19.6 Å². The second-order valence-electron chi connectivity index (χ2n) is 3.20. The van der Waals surface area contributed by atoms with Crippen molar-refractivity contribution in [3.8, 4) is 5.75 Å². The fourth-order valence-electron chi connectivity index (χ4n) is 1.17. The standard InChI is InChI=1S/C11H8N3O5/c1-19-10-3-2-8(4-9(10)14(17)18)13-6-7(5-12)11(15)16/h2-4,6H,1H3,(H,15,16)/q-1. The summed E-state index contributed by atoms with van der Waals surface area (Å²) in [6.07, 6.45) is 0.827. The molecule has 0 spiro atoms. The van der Waals surface area contributed by atoms with Crippen LogP contribution in [0.4, 0.5) is 11.4 Å². The Morgan fingerprint density at radius 1 is 1.63 bits per heavy atom. The number of hydrogen-bond acceptors (Lipinski definition) is 5. The van der Waals surface area contributed by atoms with Crippen LogP contribution in [-0.2, 0) is 4.79 Å². The number of aliphatic carboxylic acids is 1. The number of aliphatic imine (C=N–C) groups is 1. The number of carbonyl (C=O) groups is 1. The van der Waals surface area contributed by atoms with Crippen molar-refractivity contribution in [2.75, 3.05) is 7.11 Å². The van der Waals surface area contributed by atoms with Crippen molar-refractivity contribution in [3.05, 3.63) is 39.3 Å². The average Bonchev–Trinajstić information content (AvgIpc) is 2.38. The Hall–Kier alpha value is -2.99. The lowest BCUT2D eigenvalue weighted by atomic mass is 10.2. The van der Waals surface area contributed by atoms with Crippen molar-refractivity contribution in [2.45, 2.75) is 0 Å². The Bertz CT molecular complexity index is 602. The maximum atomic E-state index is 10.8. The van der Waals surface area contributed by atoms with Crippen LogP contribution in [0.2, 0.25) is 0 Å². The summed E-state index contributed by atoms with van der Waals surface area (Å²) in [5.74, 6) is 0.0807. The molecule has 0 saturated carbocycles. The van der Waals surface area contributed by atoms with Gasteiger partial charge in [-0.15, -0.1) is 0 Å². The van der Waals surface area contributed by atoms with Crippen LogP contribution in [0.15, 0.2) is 28.8 Å². The molecular weight excluding hydrogens is 254 g/mol. The number of carboxylic acids is 1. The van der Waals surface area contributed by atoms with Gasteiger partial charge in [-0.2, -0.15) is 0 Å². The van der Waals surface area contributed by atoms with Crippen LogP contribution in [0.1, 0.15) is 0 Å². The zero-order chi connectivity index (χ0) is 14.4. The van der Waals surface area contributed by atoms with Gasteiger partial charge in [0.05, 0.1) is 23.3 Å². The van der Waals surface area contributed by atoms with Crippen LogP contribution < -0.4 is 4.74 Å². The van der Waals surface area contributed by atoms with E-state index in [4.69, 9.17) is 15.3 Å². The largest absolute Gasteiger partial charge is 0.763 e. The summed E-state index contributed by atoms with van der Waals surface area (Å²) in [5, 5.41) is 27.9. The van der Waals surface area contributed by atoms with Gasteiger partial charge in [-0.25, -0.2) is 4.79 Å². The highest BCUT2D eigenvalue weighted by molar-refractivity contribution is 6.16. The molecule has 0 amide bonds. The minimum atomic E-state index is -1.42. The molecule has 0 aliphatic rings. The molecule has 0 atom stereocenters. The Labute approximate surface area is 107 Å². The van der Waals surface area contributed by atoms with Crippen molar-refractivity contribution in [2.24, 2.45) is 4.99 Å². The predicted octanol–water partition coefficient (Wildman–Crippen LogP) is 1.56. The van der Waals surface area contributed by atoms with Gasteiger partial charge in [0.25, 0.3) is 0 Å². The molecule has 98 valence electrons. The zero-order valence-electron chi connectivity index (χ0n) is 9.73. The SMILES string of the molecule is COc1ccc(N=CC(=C=[N-])C(=O)O)cc1[N+](=O)[O-]. The average molecular weight is 262 g/mol. The van der Waals surface area contributed by atoms with Gasteiger partial charge in [-0.1, -0.05) is 0 Å². The summed E-state index contributed by atoms with van der Waals surface area (Å²) < 4.78 is 4.80. The molecule has 0 radical (unpaired) electrons. The van der Waals surface area contributed by atoms with Crippen LogP contribution >= 0.6 is 0 Å². The number of benzene rings is 1. The smallest absolute Gasteiger partial charge is 0.343 e. The van der Waals surface area contributed by atoms with Crippen LogP contribution in [-0.4, -0.2) is 35.2 Å². The second kappa shape index (κ2) is 6.08. The van der Waals surface area contributed by atoms with E-state index in [1.54, 1.807) is 0 Å². The number of carboxylic acid groups (broad SMARTS) is 1. The lowest BCUT2D eigenvalue weighted by Crippen LogP contribution is -2.01. The number of nitro groups is 1. The molecule has 0 bridgehead atoms. The molecule has 0 aliphatic heterocycles. The molecule has 1 aromatic rings. The van der Waals surface area contributed by atoms with Gasteiger partial charge in [-0.3, -0.25) is 21.0 Å². The van der Waals surface area contributed by atoms with Crippen molar-refractivity contribution in [3.63, 3.8) is 0 Å². The molecule has 1 rings (SSSR count). The summed E-state index contributed by atoms with van der Waals surface area (Å²) in [7, 11) is 1.29. The van der Waals surface area contributed by atoms with E-state index in [0.29, 0.717) is 0 Å². The molecule has 8 heteroatoms. The Morgan fingerprint density at radius 2 is 2.32 bits per heavy atom. The van der Waals surface area contributed by atoms with E-state index in [9.17, 15) is 14.9 Å². The summed E-state index contributed by atoms with van der Waals surface area (Å²) >= 11 is 0. The fourth-order valence-corrected chi connectivity index (χ4v) is 1.17.